The number of hydrogen-bond acceptors (Lipinski definition) is 5. The number of hydrogen-bond donors (Lipinski definition) is 1. The molecular formula is C15H25N3O2. The highest BCUT2D eigenvalue weighted by atomic mass is 16.5. The summed E-state index contributed by atoms with van der Waals surface area (Å²) in [7, 11) is 5.81. The highest BCUT2D eigenvalue weighted by Gasteiger charge is 2.31. The highest BCUT2D eigenvalue weighted by Crippen LogP contribution is 2.22. The minimum Gasteiger partial charge on any atom is -0.497 e. The van der Waals surface area contributed by atoms with Crippen LogP contribution < -0.4 is 4.74 Å². The molecule has 1 aliphatic heterocycles. The van der Waals surface area contributed by atoms with Gasteiger partial charge in [0.1, 0.15) is 5.75 Å². The molecule has 1 saturated heterocycles. The number of likely N-dealkylation sites (N-methyl/N-ethyl adjacent to an activating group) is 1. The molecule has 0 spiro atoms. The molecule has 1 aromatic heterocycles. The molecule has 1 N–H and O–H groups in total. The van der Waals surface area contributed by atoms with Crippen molar-refractivity contribution in [3.63, 3.8) is 0 Å². The van der Waals surface area contributed by atoms with Gasteiger partial charge in [0.25, 0.3) is 0 Å². The summed E-state index contributed by atoms with van der Waals surface area (Å²) in [5.74, 6) is 0.844. The molecule has 0 radical (unpaired) electrons. The van der Waals surface area contributed by atoms with Crippen molar-refractivity contribution in [3.8, 4) is 5.75 Å². The van der Waals surface area contributed by atoms with Crippen molar-refractivity contribution < 1.29 is 9.84 Å². The molecule has 0 aliphatic carbocycles. The van der Waals surface area contributed by atoms with E-state index in [4.69, 9.17) is 4.74 Å². The van der Waals surface area contributed by atoms with Crippen LogP contribution in [0.25, 0.3) is 0 Å². The van der Waals surface area contributed by atoms with Gasteiger partial charge in [0.2, 0.25) is 0 Å². The van der Waals surface area contributed by atoms with Crippen molar-refractivity contribution in [3.05, 3.63) is 23.5 Å². The number of methoxy groups -OCH3 is 1. The van der Waals surface area contributed by atoms with Gasteiger partial charge in [-0.05, 0) is 27.4 Å². The van der Waals surface area contributed by atoms with Crippen LogP contribution in [0, 0.1) is 6.92 Å². The topological polar surface area (TPSA) is 48.8 Å². The minimum absolute atomic E-state index is 0.230. The molecular weight excluding hydrogens is 254 g/mol. The number of β-amino-alcohol motifs (C(OH)–C–C–N with tert-alkyl or cyclic N) is 1. The monoisotopic (exact) mass is 279 g/mol. The fraction of sp³-hybridized carbons (Fsp3) is 0.667. The van der Waals surface area contributed by atoms with Crippen LogP contribution in [0.1, 0.15) is 17.8 Å². The summed E-state index contributed by atoms with van der Waals surface area (Å²) in [6.07, 6.45) is 0.605. The second-order valence-electron chi connectivity index (χ2n) is 5.87. The Morgan fingerprint density at radius 1 is 1.45 bits per heavy atom. The molecule has 1 fully saturated rings. The molecule has 0 aromatic carbocycles. The van der Waals surface area contributed by atoms with Crippen LogP contribution in [-0.2, 0) is 6.54 Å². The number of aliphatic hydroxyl groups is 1. The number of aromatic nitrogens is 1. The molecule has 2 atom stereocenters. The zero-order chi connectivity index (χ0) is 14.7. The smallest absolute Gasteiger partial charge is 0.122 e. The van der Waals surface area contributed by atoms with Crippen molar-refractivity contribution >= 4 is 0 Å². The van der Waals surface area contributed by atoms with Crippen LogP contribution >= 0.6 is 0 Å². The lowest BCUT2D eigenvalue weighted by molar-refractivity contribution is 0.168. The summed E-state index contributed by atoms with van der Waals surface area (Å²) in [4.78, 5) is 9.05. The van der Waals surface area contributed by atoms with Crippen LogP contribution in [-0.4, -0.2) is 66.3 Å². The summed E-state index contributed by atoms with van der Waals surface area (Å²) >= 11 is 0. The lowest BCUT2D eigenvalue weighted by atomic mass is 10.2. The molecule has 112 valence electrons. The number of likely N-dealkylation sites (tertiary alicyclic amines) is 1. The number of pyridine rings is 1. The van der Waals surface area contributed by atoms with Crippen molar-refractivity contribution in [1.29, 1.82) is 0 Å². The standard InChI is InChI=1S/C15H25N3O2/c1-11-5-15(20-4)6-12(16-11)8-18-10-14(19)7-13(18)9-17(2)3/h5-6,13-14,19H,7-10H2,1-4H3. The third-order valence-electron chi connectivity index (χ3n) is 3.66. The van der Waals surface area contributed by atoms with Gasteiger partial charge < -0.3 is 14.7 Å². The molecule has 5 nitrogen and oxygen atoms in total. The Bertz CT molecular complexity index is 451. The number of rotatable bonds is 5. The van der Waals surface area contributed by atoms with Gasteiger partial charge in [-0.15, -0.1) is 0 Å². The van der Waals surface area contributed by atoms with Gasteiger partial charge in [-0.3, -0.25) is 9.88 Å². The Balaban J connectivity index is 2.09. The number of nitrogens with zero attached hydrogens (tertiary/aromatic N) is 3. The maximum Gasteiger partial charge on any atom is 0.122 e. The summed E-state index contributed by atoms with van der Waals surface area (Å²) < 4.78 is 5.30. The molecule has 0 bridgehead atoms. The second-order valence-corrected chi connectivity index (χ2v) is 5.87. The molecule has 0 amide bonds. The maximum absolute atomic E-state index is 9.91. The molecule has 1 aromatic rings. The summed E-state index contributed by atoms with van der Waals surface area (Å²) in [6, 6.07) is 4.29. The molecule has 1 aliphatic rings. The minimum atomic E-state index is -0.230. The molecule has 2 heterocycles. The van der Waals surface area contributed by atoms with E-state index in [1.807, 2.05) is 19.1 Å². The lowest BCUT2D eigenvalue weighted by Gasteiger charge is -2.26. The van der Waals surface area contributed by atoms with Crippen molar-refractivity contribution in [2.75, 3.05) is 34.3 Å². The first kappa shape index (κ1) is 15.2. The predicted octanol–water partition coefficient (Wildman–Crippen LogP) is 0.895. The zero-order valence-corrected chi connectivity index (χ0v) is 12.8. The Hall–Kier alpha value is -1.17. The van der Waals surface area contributed by atoms with E-state index < -0.39 is 0 Å². The quantitative estimate of drug-likeness (QED) is 0.867. The van der Waals surface area contributed by atoms with E-state index >= 15 is 0 Å². The van der Waals surface area contributed by atoms with E-state index in [1.54, 1.807) is 7.11 Å². The van der Waals surface area contributed by atoms with Crippen LogP contribution in [0.4, 0.5) is 0 Å². The Labute approximate surface area is 121 Å². The average molecular weight is 279 g/mol. The number of ether oxygens (including phenoxy) is 1. The molecule has 5 heteroatoms. The van der Waals surface area contributed by atoms with Crippen molar-refractivity contribution in [1.82, 2.24) is 14.8 Å². The molecule has 20 heavy (non-hydrogen) atoms. The van der Waals surface area contributed by atoms with E-state index in [-0.39, 0.29) is 6.10 Å². The van der Waals surface area contributed by atoms with E-state index in [0.717, 1.165) is 43.2 Å². The van der Waals surface area contributed by atoms with Crippen LogP contribution in [0.3, 0.4) is 0 Å². The predicted molar refractivity (Wildman–Crippen MR) is 78.9 cm³/mol. The normalized spacial score (nSPS) is 23.5. The van der Waals surface area contributed by atoms with Gasteiger partial charge in [0, 0.05) is 43.5 Å². The van der Waals surface area contributed by atoms with Gasteiger partial charge in [0.05, 0.1) is 18.9 Å². The Morgan fingerprint density at radius 2 is 2.20 bits per heavy atom. The van der Waals surface area contributed by atoms with Gasteiger partial charge in [-0.25, -0.2) is 0 Å². The first-order valence-electron chi connectivity index (χ1n) is 7.06. The number of aryl methyl sites for hydroxylation is 1. The van der Waals surface area contributed by atoms with Gasteiger partial charge in [0.15, 0.2) is 0 Å². The summed E-state index contributed by atoms with van der Waals surface area (Å²) in [5, 5.41) is 9.91. The number of aliphatic hydroxyl groups excluding tert-OH is 1. The molecule has 0 saturated carbocycles. The highest BCUT2D eigenvalue weighted by molar-refractivity contribution is 5.26. The van der Waals surface area contributed by atoms with E-state index in [1.165, 1.54) is 0 Å². The van der Waals surface area contributed by atoms with Gasteiger partial charge in [-0.1, -0.05) is 0 Å². The third kappa shape index (κ3) is 3.91. The zero-order valence-electron chi connectivity index (χ0n) is 12.8. The van der Waals surface area contributed by atoms with Crippen LogP contribution in [0.2, 0.25) is 0 Å². The molecule has 2 rings (SSSR count). The van der Waals surface area contributed by atoms with Crippen LogP contribution in [0.5, 0.6) is 5.75 Å². The average Bonchev–Trinajstić information content (AvgIpc) is 2.67. The lowest BCUT2D eigenvalue weighted by Crippen LogP contribution is -2.37. The molecule has 2 unspecified atom stereocenters. The van der Waals surface area contributed by atoms with Crippen molar-refractivity contribution in [2.45, 2.75) is 32.0 Å². The third-order valence-corrected chi connectivity index (χ3v) is 3.66. The van der Waals surface area contributed by atoms with Gasteiger partial charge in [-0.2, -0.15) is 0 Å². The first-order chi connectivity index (χ1) is 9.47. The van der Waals surface area contributed by atoms with E-state index in [2.05, 4.69) is 28.9 Å². The largest absolute Gasteiger partial charge is 0.497 e. The van der Waals surface area contributed by atoms with Gasteiger partial charge >= 0.3 is 0 Å². The Morgan fingerprint density at radius 3 is 2.85 bits per heavy atom. The van der Waals surface area contributed by atoms with E-state index in [0.29, 0.717) is 6.04 Å². The SMILES string of the molecule is COc1cc(C)nc(CN2CC(O)CC2CN(C)C)c1. The first-order valence-corrected chi connectivity index (χ1v) is 7.06. The van der Waals surface area contributed by atoms with Crippen LogP contribution in [0.15, 0.2) is 12.1 Å². The fourth-order valence-corrected chi connectivity index (χ4v) is 2.87. The fourth-order valence-electron chi connectivity index (χ4n) is 2.87. The summed E-state index contributed by atoms with van der Waals surface area (Å²) in [5.41, 5.74) is 1.96. The second kappa shape index (κ2) is 6.52. The Kier molecular flexibility index (Phi) is 4.96. The summed E-state index contributed by atoms with van der Waals surface area (Å²) in [6.45, 7) is 4.41. The van der Waals surface area contributed by atoms with E-state index in [9.17, 15) is 5.11 Å². The maximum atomic E-state index is 9.91. The van der Waals surface area contributed by atoms with Crippen molar-refractivity contribution in [2.24, 2.45) is 0 Å².